The number of sulfone groups is 1. The Kier molecular flexibility index (Phi) is 3.54. The molecule has 1 aliphatic heterocycles. The topological polar surface area (TPSA) is 69.4 Å². The van der Waals surface area contributed by atoms with Crippen LogP contribution in [0.5, 0.6) is 5.75 Å². The van der Waals surface area contributed by atoms with E-state index in [0.717, 1.165) is 0 Å². The summed E-state index contributed by atoms with van der Waals surface area (Å²) in [5.41, 5.74) is 5.46. The Morgan fingerprint density at radius 3 is 2.78 bits per heavy atom. The minimum atomic E-state index is -3.04. The second kappa shape index (κ2) is 4.81. The molecule has 1 aliphatic rings. The fourth-order valence-corrected chi connectivity index (χ4v) is 3.66. The molecule has 98 valence electrons. The van der Waals surface area contributed by atoms with Crippen LogP contribution in [0, 0.1) is 5.82 Å². The van der Waals surface area contributed by atoms with E-state index in [1.807, 2.05) is 0 Å². The summed E-state index contributed by atoms with van der Waals surface area (Å²) in [5.74, 6) is -0.333. The number of rotatable bonds is 3. The molecule has 1 aromatic rings. The minimum Gasteiger partial charge on any atom is -0.488 e. The lowest BCUT2D eigenvalue weighted by atomic mass is 10.2. The van der Waals surface area contributed by atoms with E-state index in [1.54, 1.807) is 0 Å². The number of ether oxygens (including phenoxy) is 1. The van der Waals surface area contributed by atoms with Gasteiger partial charge in [-0.3, -0.25) is 0 Å². The number of hydrogen-bond donors (Lipinski definition) is 1. The number of halogens is 1. The molecule has 1 atom stereocenters. The zero-order valence-electron chi connectivity index (χ0n) is 9.43. The van der Waals surface area contributed by atoms with E-state index in [1.165, 1.54) is 18.2 Å². The molecule has 0 saturated carbocycles. The van der Waals surface area contributed by atoms with Crippen LogP contribution in [0.1, 0.15) is 12.0 Å². The van der Waals surface area contributed by atoms with Crippen molar-refractivity contribution in [3.63, 3.8) is 0 Å². The minimum absolute atomic E-state index is 0.0248. The van der Waals surface area contributed by atoms with E-state index >= 15 is 0 Å². The third-order valence-corrected chi connectivity index (χ3v) is 4.65. The first kappa shape index (κ1) is 13.2. The van der Waals surface area contributed by atoms with Gasteiger partial charge in [-0.15, -0.1) is 0 Å². The van der Waals surface area contributed by atoms with Crippen molar-refractivity contribution in [3.05, 3.63) is 29.6 Å². The smallest absolute Gasteiger partial charge is 0.154 e. The number of nitrogens with two attached hydrogens (primary N) is 1. The van der Waals surface area contributed by atoms with Crippen LogP contribution < -0.4 is 10.5 Å². The second-order valence-electron chi connectivity index (χ2n) is 4.12. The lowest BCUT2D eigenvalue weighted by Crippen LogP contribution is -2.21. The van der Waals surface area contributed by atoms with Gasteiger partial charge in [-0.05, 0) is 18.6 Å². The van der Waals surface area contributed by atoms with Crippen molar-refractivity contribution in [2.75, 3.05) is 11.5 Å². The second-order valence-corrected chi connectivity index (χ2v) is 6.79. The zero-order valence-corrected chi connectivity index (χ0v) is 11.1. The van der Waals surface area contributed by atoms with E-state index in [0.29, 0.717) is 6.42 Å². The van der Waals surface area contributed by atoms with Crippen LogP contribution in [0.3, 0.4) is 0 Å². The van der Waals surface area contributed by atoms with Gasteiger partial charge in [0.2, 0.25) is 0 Å². The van der Waals surface area contributed by atoms with Crippen LogP contribution in [-0.4, -0.2) is 31.0 Å². The summed E-state index contributed by atoms with van der Waals surface area (Å²) < 4.78 is 41.7. The average molecular weight is 289 g/mol. The molecular formula is C11H12FNO3S2. The Labute approximate surface area is 110 Å². The summed E-state index contributed by atoms with van der Waals surface area (Å²) in [6.07, 6.45) is -0.0693. The molecule has 4 nitrogen and oxygen atoms in total. The Hall–Kier alpha value is -1.21. The third kappa shape index (κ3) is 2.78. The van der Waals surface area contributed by atoms with Gasteiger partial charge in [0.05, 0.1) is 17.1 Å². The molecule has 1 aromatic carbocycles. The molecule has 2 N–H and O–H groups in total. The maximum absolute atomic E-state index is 13.6. The van der Waals surface area contributed by atoms with Crippen molar-refractivity contribution in [3.8, 4) is 5.75 Å². The molecule has 2 rings (SSSR count). The predicted octanol–water partition coefficient (Wildman–Crippen LogP) is 1.03. The molecule has 0 amide bonds. The summed E-state index contributed by atoms with van der Waals surface area (Å²) in [7, 11) is -3.04. The molecule has 1 heterocycles. The molecule has 7 heteroatoms. The van der Waals surface area contributed by atoms with Gasteiger partial charge in [-0.2, -0.15) is 0 Å². The molecule has 0 aliphatic carbocycles. The third-order valence-electron chi connectivity index (χ3n) is 2.71. The van der Waals surface area contributed by atoms with Crippen LogP contribution in [0.15, 0.2) is 18.2 Å². The largest absolute Gasteiger partial charge is 0.488 e. The summed E-state index contributed by atoms with van der Waals surface area (Å²) in [6, 6.07) is 4.23. The number of thiocarbonyl (C=S) groups is 1. The number of benzene rings is 1. The fourth-order valence-electron chi connectivity index (χ4n) is 1.88. The van der Waals surface area contributed by atoms with E-state index in [2.05, 4.69) is 0 Å². The van der Waals surface area contributed by atoms with Gasteiger partial charge >= 0.3 is 0 Å². The van der Waals surface area contributed by atoms with Crippen LogP contribution in [0.2, 0.25) is 0 Å². The average Bonchev–Trinajstić information content (AvgIpc) is 2.57. The molecule has 0 spiro atoms. The first-order chi connectivity index (χ1) is 8.39. The summed E-state index contributed by atoms with van der Waals surface area (Å²) in [4.78, 5) is -0.107. The van der Waals surface area contributed by atoms with Gasteiger partial charge in [0.15, 0.2) is 9.84 Å². The van der Waals surface area contributed by atoms with Gasteiger partial charge in [-0.1, -0.05) is 18.3 Å². The van der Waals surface area contributed by atoms with E-state index in [9.17, 15) is 12.8 Å². The Bertz CT molecular complexity index is 586. The highest BCUT2D eigenvalue weighted by molar-refractivity contribution is 7.91. The first-order valence-electron chi connectivity index (χ1n) is 5.34. The standard InChI is InChI=1S/C11H12FNO3S2/c12-8-2-1-3-9(10(8)11(13)17)16-7-4-5-18(14,15)6-7/h1-3,7H,4-6H2,(H2,13,17). The van der Waals surface area contributed by atoms with Crippen molar-refractivity contribution in [1.29, 1.82) is 0 Å². The van der Waals surface area contributed by atoms with Gasteiger partial charge in [-0.25, -0.2) is 12.8 Å². The Morgan fingerprint density at radius 2 is 2.22 bits per heavy atom. The van der Waals surface area contributed by atoms with Crippen molar-refractivity contribution in [1.82, 2.24) is 0 Å². The van der Waals surface area contributed by atoms with Crippen LogP contribution in [-0.2, 0) is 9.84 Å². The van der Waals surface area contributed by atoms with Crippen LogP contribution >= 0.6 is 12.2 Å². The highest BCUT2D eigenvalue weighted by Gasteiger charge is 2.30. The molecule has 18 heavy (non-hydrogen) atoms. The van der Waals surface area contributed by atoms with Crippen molar-refractivity contribution in [2.24, 2.45) is 5.73 Å². The summed E-state index contributed by atoms with van der Waals surface area (Å²) in [5, 5.41) is 0. The number of hydrogen-bond acceptors (Lipinski definition) is 4. The molecule has 1 fully saturated rings. The molecule has 1 saturated heterocycles. The summed E-state index contributed by atoms with van der Waals surface area (Å²) in [6.45, 7) is 0. The maximum Gasteiger partial charge on any atom is 0.154 e. The zero-order chi connectivity index (χ0) is 13.3. The lowest BCUT2D eigenvalue weighted by Gasteiger charge is -2.15. The molecule has 0 bridgehead atoms. The Morgan fingerprint density at radius 1 is 1.50 bits per heavy atom. The normalized spacial score (nSPS) is 21.7. The predicted molar refractivity (Wildman–Crippen MR) is 70.0 cm³/mol. The van der Waals surface area contributed by atoms with Crippen molar-refractivity contribution >= 4 is 27.0 Å². The van der Waals surface area contributed by atoms with Crippen LogP contribution in [0.25, 0.3) is 0 Å². The first-order valence-corrected chi connectivity index (χ1v) is 7.57. The highest BCUT2D eigenvalue weighted by atomic mass is 32.2. The monoisotopic (exact) mass is 289 g/mol. The maximum atomic E-state index is 13.6. The lowest BCUT2D eigenvalue weighted by molar-refractivity contribution is 0.227. The quantitative estimate of drug-likeness (QED) is 0.842. The van der Waals surface area contributed by atoms with E-state index < -0.39 is 21.8 Å². The molecule has 0 radical (unpaired) electrons. The van der Waals surface area contributed by atoms with Crippen molar-refractivity contribution < 1.29 is 17.5 Å². The SMILES string of the molecule is NC(=S)c1c(F)cccc1OC1CCS(=O)(=O)C1. The van der Waals surface area contributed by atoms with E-state index in [-0.39, 0.29) is 27.8 Å². The summed E-state index contributed by atoms with van der Waals surface area (Å²) >= 11 is 4.76. The van der Waals surface area contributed by atoms with Gasteiger partial charge < -0.3 is 10.5 Å². The van der Waals surface area contributed by atoms with Gasteiger partial charge in [0, 0.05) is 0 Å². The van der Waals surface area contributed by atoms with Gasteiger partial charge in [0.25, 0.3) is 0 Å². The molecule has 1 unspecified atom stereocenters. The fraction of sp³-hybridized carbons (Fsp3) is 0.364. The van der Waals surface area contributed by atoms with Crippen LogP contribution in [0.4, 0.5) is 4.39 Å². The van der Waals surface area contributed by atoms with Gasteiger partial charge in [0.1, 0.15) is 22.7 Å². The Balaban J connectivity index is 2.25. The van der Waals surface area contributed by atoms with E-state index in [4.69, 9.17) is 22.7 Å². The highest BCUT2D eigenvalue weighted by Crippen LogP contribution is 2.25. The molecule has 0 aromatic heterocycles. The molecular weight excluding hydrogens is 277 g/mol. The van der Waals surface area contributed by atoms with Crippen molar-refractivity contribution in [2.45, 2.75) is 12.5 Å².